The number of thioether (sulfide) groups is 1. The number of nitrogens with zero attached hydrogens (tertiary/aromatic N) is 1. The summed E-state index contributed by atoms with van der Waals surface area (Å²) in [5.41, 5.74) is 2.74. The quantitative estimate of drug-likeness (QED) is 0.740. The third-order valence-corrected chi connectivity index (χ3v) is 5.64. The second-order valence-electron chi connectivity index (χ2n) is 5.29. The topological polar surface area (TPSA) is 24.5 Å². The number of rotatable bonds is 7. The number of nitrogens with one attached hydrogen (secondary N) is 1. The van der Waals surface area contributed by atoms with Crippen LogP contribution in [0.2, 0.25) is 0 Å². The van der Waals surface area contributed by atoms with Gasteiger partial charge in [0.15, 0.2) is 0 Å². The number of anilines is 1. The van der Waals surface area contributed by atoms with E-state index in [2.05, 4.69) is 63.0 Å². The Morgan fingerprint density at radius 3 is 3.10 bits per heavy atom. The first kappa shape index (κ1) is 17.1. The number of halogens is 1. The zero-order valence-electron chi connectivity index (χ0n) is 12.9. The van der Waals surface area contributed by atoms with E-state index in [4.69, 9.17) is 4.74 Å². The van der Waals surface area contributed by atoms with Crippen molar-refractivity contribution in [2.75, 3.05) is 44.0 Å². The molecule has 0 radical (unpaired) electrons. The largest absolute Gasteiger partial charge is 0.383 e. The summed E-state index contributed by atoms with van der Waals surface area (Å²) in [5, 5.41) is 4.22. The summed E-state index contributed by atoms with van der Waals surface area (Å²) in [6.07, 6.45) is 1.25. The molecule has 1 aromatic rings. The molecule has 0 aliphatic carbocycles. The molecular weight excluding hydrogens is 348 g/mol. The minimum Gasteiger partial charge on any atom is -0.383 e. The van der Waals surface area contributed by atoms with Crippen LogP contribution in [-0.2, 0) is 11.3 Å². The first-order valence-electron chi connectivity index (χ1n) is 7.59. The highest BCUT2D eigenvalue weighted by molar-refractivity contribution is 9.10. The molecule has 0 spiro atoms. The van der Waals surface area contributed by atoms with Gasteiger partial charge in [0.1, 0.15) is 0 Å². The molecule has 0 aromatic heterocycles. The summed E-state index contributed by atoms with van der Waals surface area (Å²) in [4.78, 5) is 2.55. The highest BCUT2D eigenvalue weighted by atomic mass is 79.9. The van der Waals surface area contributed by atoms with Crippen molar-refractivity contribution >= 4 is 33.4 Å². The van der Waals surface area contributed by atoms with Crippen LogP contribution in [0, 0.1) is 0 Å². The van der Waals surface area contributed by atoms with E-state index in [1.165, 1.54) is 23.4 Å². The van der Waals surface area contributed by atoms with Crippen LogP contribution in [0.1, 0.15) is 18.9 Å². The third kappa shape index (κ3) is 5.16. The van der Waals surface area contributed by atoms with Crippen LogP contribution in [0.3, 0.4) is 0 Å². The molecule has 1 fully saturated rings. The number of methoxy groups -OCH3 is 1. The second-order valence-corrected chi connectivity index (χ2v) is 7.61. The zero-order chi connectivity index (χ0) is 15.1. The highest BCUT2D eigenvalue weighted by Gasteiger charge is 2.21. The van der Waals surface area contributed by atoms with Gasteiger partial charge in [-0.05, 0) is 30.2 Å². The van der Waals surface area contributed by atoms with Crippen LogP contribution in [0.4, 0.5) is 5.69 Å². The van der Waals surface area contributed by atoms with Crippen LogP contribution in [0.5, 0.6) is 0 Å². The SMILES string of the molecule is CCC1CN(c2ccc(Br)cc2CNCCOC)CCS1. The molecule has 1 aliphatic rings. The van der Waals surface area contributed by atoms with E-state index in [0.29, 0.717) is 0 Å². The summed E-state index contributed by atoms with van der Waals surface area (Å²) < 4.78 is 6.24. The van der Waals surface area contributed by atoms with Gasteiger partial charge in [-0.3, -0.25) is 0 Å². The van der Waals surface area contributed by atoms with Gasteiger partial charge in [0, 0.05) is 54.5 Å². The van der Waals surface area contributed by atoms with Crippen molar-refractivity contribution in [2.45, 2.75) is 25.1 Å². The van der Waals surface area contributed by atoms with E-state index in [1.807, 2.05) is 0 Å². The fourth-order valence-corrected chi connectivity index (χ4v) is 4.18. The summed E-state index contributed by atoms with van der Waals surface area (Å²) >= 11 is 5.71. The lowest BCUT2D eigenvalue weighted by Crippen LogP contribution is -2.38. The Morgan fingerprint density at radius 2 is 2.33 bits per heavy atom. The van der Waals surface area contributed by atoms with Gasteiger partial charge >= 0.3 is 0 Å². The molecule has 1 heterocycles. The highest BCUT2D eigenvalue weighted by Crippen LogP contribution is 2.30. The molecule has 2 rings (SSSR count). The molecule has 1 unspecified atom stereocenters. The van der Waals surface area contributed by atoms with Crippen molar-refractivity contribution in [3.05, 3.63) is 28.2 Å². The Hall–Kier alpha value is -0.230. The number of ether oxygens (including phenoxy) is 1. The van der Waals surface area contributed by atoms with E-state index in [9.17, 15) is 0 Å². The Kier molecular flexibility index (Phi) is 7.37. The average molecular weight is 373 g/mol. The molecule has 1 aliphatic heterocycles. The lowest BCUT2D eigenvalue weighted by Gasteiger charge is -2.35. The van der Waals surface area contributed by atoms with Crippen LogP contribution in [-0.4, -0.2) is 44.4 Å². The monoisotopic (exact) mass is 372 g/mol. The predicted octanol–water partition coefficient (Wildman–Crippen LogP) is 3.52. The average Bonchev–Trinajstić information content (AvgIpc) is 2.52. The van der Waals surface area contributed by atoms with Crippen LogP contribution >= 0.6 is 27.7 Å². The summed E-state index contributed by atoms with van der Waals surface area (Å²) in [6, 6.07) is 6.63. The van der Waals surface area contributed by atoms with E-state index >= 15 is 0 Å². The van der Waals surface area contributed by atoms with Gasteiger partial charge in [0.2, 0.25) is 0 Å². The zero-order valence-corrected chi connectivity index (χ0v) is 15.3. The Morgan fingerprint density at radius 1 is 1.48 bits per heavy atom. The standard InChI is InChI=1S/C16H25BrN2OS/c1-3-15-12-19(7-9-21-15)16-5-4-14(17)10-13(16)11-18-6-8-20-2/h4-5,10,15,18H,3,6-9,11-12H2,1-2H3. The molecule has 0 bridgehead atoms. The molecule has 0 saturated carbocycles. The third-order valence-electron chi connectivity index (χ3n) is 3.77. The minimum atomic E-state index is 0.752. The maximum Gasteiger partial charge on any atom is 0.0587 e. The van der Waals surface area contributed by atoms with Crippen molar-refractivity contribution < 1.29 is 4.74 Å². The number of hydrogen-bond donors (Lipinski definition) is 1. The summed E-state index contributed by atoms with van der Waals surface area (Å²) in [7, 11) is 1.74. The molecule has 5 heteroatoms. The lowest BCUT2D eigenvalue weighted by molar-refractivity contribution is 0.199. The molecule has 1 N–H and O–H groups in total. The minimum absolute atomic E-state index is 0.752. The predicted molar refractivity (Wildman–Crippen MR) is 96.5 cm³/mol. The van der Waals surface area contributed by atoms with Gasteiger partial charge in [-0.2, -0.15) is 11.8 Å². The van der Waals surface area contributed by atoms with E-state index in [1.54, 1.807) is 7.11 Å². The van der Waals surface area contributed by atoms with Crippen molar-refractivity contribution in [3.8, 4) is 0 Å². The van der Waals surface area contributed by atoms with E-state index < -0.39 is 0 Å². The molecule has 118 valence electrons. The first-order chi connectivity index (χ1) is 10.2. The van der Waals surface area contributed by atoms with E-state index in [-0.39, 0.29) is 0 Å². The maximum absolute atomic E-state index is 5.09. The van der Waals surface area contributed by atoms with Crippen LogP contribution in [0.15, 0.2) is 22.7 Å². The normalized spacial score (nSPS) is 19.0. The smallest absolute Gasteiger partial charge is 0.0587 e. The molecule has 1 atom stereocenters. The molecular formula is C16H25BrN2OS. The van der Waals surface area contributed by atoms with Crippen molar-refractivity contribution in [1.82, 2.24) is 5.32 Å². The lowest BCUT2D eigenvalue weighted by atomic mass is 10.1. The van der Waals surface area contributed by atoms with Gasteiger partial charge in [-0.15, -0.1) is 0 Å². The summed E-state index contributed by atoms with van der Waals surface area (Å²) in [6.45, 7) is 7.12. The Balaban J connectivity index is 2.06. The van der Waals surface area contributed by atoms with Gasteiger partial charge in [0.25, 0.3) is 0 Å². The molecule has 0 amide bonds. The van der Waals surface area contributed by atoms with E-state index in [0.717, 1.165) is 42.5 Å². The fourth-order valence-electron chi connectivity index (χ4n) is 2.59. The van der Waals surface area contributed by atoms with Gasteiger partial charge in [-0.25, -0.2) is 0 Å². The maximum atomic E-state index is 5.09. The van der Waals surface area contributed by atoms with Gasteiger partial charge in [-0.1, -0.05) is 22.9 Å². The first-order valence-corrected chi connectivity index (χ1v) is 9.43. The molecule has 1 aromatic carbocycles. The molecule has 1 saturated heterocycles. The second kappa shape index (κ2) is 9.03. The Bertz CT molecular complexity index is 444. The van der Waals surface area contributed by atoms with Crippen LogP contribution in [0.25, 0.3) is 0 Å². The van der Waals surface area contributed by atoms with Gasteiger partial charge in [0.05, 0.1) is 6.61 Å². The number of hydrogen-bond acceptors (Lipinski definition) is 4. The number of benzene rings is 1. The van der Waals surface area contributed by atoms with Crippen molar-refractivity contribution in [3.63, 3.8) is 0 Å². The van der Waals surface area contributed by atoms with Crippen molar-refractivity contribution in [2.24, 2.45) is 0 Å². The molecule has 21 heavy (non-hydrogen) atoms. The molecule has 3 nitrogen and oxygen atoms in total. The summed E-state index contributed by atoms with van der Waals surface area (Å²) in [5.74, 6) is 1.23. The van der Waals surface area contributed by atoms with Crippen molar-refractivity contribution in [1.29, 1.82) is 0 Å². The fraction of sp³-hybridized carbons (Fsp3) is 0.625. The Labute approximate surface area is 140 Å². The van der Waals surface area contributed by atoms with Crippen LogP contribution < -0.4 is 10.2 Å². The van der Waals surface area contributed by atoms with Gasteiger partial charge < -0.3 is 15.0 Å².